The van der Waals surface area contributed by atoms with E-state index in [-0.39, 0.29) is 6.42 Å². The van der Waals surface area contributed by atoms with Crippen molar-refractivity contribution in [1.29, 1.82) is 0 Å². The molecule has 0 aromatic rings. The number of carboxylic acid groups (broad SMARTS) is 1. The molecule has 0 heterocycles. The Kier molecular flexibility index (Phi) is 8.87. The van der Waals surface area contributed by atoms with Crippen LogP contribution in [0.1, 0.15) is 20.3 Å². The van der Waals surface area contributed by atoms with E-state index in [4.69, 9.17) is 5.11 Å². The summed E-state index contributed by atoms with van der Waals surface area (Å²) in [4.78, 5) is 14.5. The molecular weight excluding hydrogens is 218 g/mol. The molecular formula is C9H15NO2S2. The van der Waals surface area contributed by atoms with Gasteiger partial charge in [-0.1, -0.05) is 16.9 Å². The quantitative estimate of drug-likeness (QED) is 0.332. The Morgan fingerprint density at radius 1 is 1.57 bits per heavy atom. The first-order valence-corrected chi connectivity index (χ1v) is 6.71. The van der Waals surface area contributed by atoms with Gasteiger partial charge < -0.3 is 5.11 Å². The van der Waals surface area contributed by atoms with Crippen LogP contribution in [0.3, 0.4) is 0 Å². The summed E-state index contributed by atoms with van der Waals surface area (Å²) in [5, 5.41) is 9.37. The maximum atomic E-state index is 10.2. The van der Waals surface area contributed by atoms with Crippen molar-refractivity contribution < 1.29 is 9.90 Å². The Hall–Kier alpha value is -0.420. The van der Waals surface area contributed by atoms with E-state index in [1.807, 2.05) is 26.0 Å². The molecule has 80 valence electrons. The third-order valence-electron chi connectivity index (χ3n) is 1.17. The second kappa shape index (κ2) is 9.15. The van der Waals surface area contributed by atoms with Gasteiger partial charge in [0.2, 0.25) is 0 Å². The second-order valence-electron chi connectivity index (χ2n) is 2.36. The van der Waals surface area contributed by atoms with Crippen molar-refractivity contribution in [2.75, 3.05) is 12.3 Å². The molecule has 0 aromatic carbocycles. The van der Waals surface area contributed by atoms with E-state index < -0.39 is 5.97 Å². The average molecular weight is 233 g/mol. The molecule has 0 aliphatic carbocycles. The van der Waals surface area contributed by atoms with E-state index in [1.54, 1.807) is 0 Å². The van der Waals surface area contributed by atoms with Gasteiger partial charge in [0, 0.05) is 12.3 Å². The summed E-state index contributed by atoms with van der Waals surface area (Å²) in [5.74, 6) is -0.140. The number of nitrogens with zero attached hydrogens (tertiary/aromatic N) is 1. The number of hydrogen-bond donors (Lipinski definition) is 1. The number of rotatable bonds is 6. The standard InChI is InChI=1S/C9H15NO2S2/c1-3-5-8(10-4-2)14-13-7-6-9(11)12/h3,5H,4,6-7H2,1-2H3,(H,11,12)/b5-3-,10-8?. The topological polar surface area (TPSA) is 49.7 Å². The lowest BCUT2D eigenvalue weighted by molar-refractivity contribution is -0.136. The van der Waals surface area contributed by atoms with Crippen molar-refractivity contribution in [1.82, 2.24) is 0 Å². The van der Waals surface area contributed by atoms with Crippen molar-refractivity contribution in [3.8, 4) is 0 Å². The Morgan fingerprint density at radius 2 is 2.29 bits per heavy atom. The molecule has 3 nitrogen and oxygen atoms in total. The smallest absolute Gasteiger partial charge is 0.304 e. The highest BCUT2D eigenvalue weighted by atomic mass is 33.1. The molecule has 0 amide bonds. The summed E-state index contributed by atoms with van der Waals surface area (Å²) in [6, 6.07) is 0. The van der Waals surface area contributed by atoms with Gasteiger partial charge in [0.25, 0.3) is 0 Å². The van der Waals surface area contributed by atoms with Gasteiger partial charge in [-0.05, 0) is 30.7 Å². The normalized spacial score (nSPS) is 12.3. The third kappa shape index (κ3) is 8.19. The number of carbonyl (C=O) groups is 1. The van der Waals surface area contributed by atoms with Crippen LogP contribution >= 0.6 is 21.6 Å². The Bertz CT molecular complexity index is 227. The highest BCUT2D eigenvalue weighted by molar-refractivity contribution is 8.82. The minimum atomic E-state index is -0.752. The fourth-order valence-electron chi connectivity index (χ4n) is 0.636. The Morgan fingerprint density at radius 3 is 2.79 bits per heavy atom. The molecule has 5 heteroatoms. The van der Waals surface area contributed by atoms with Crippen LogP contribution in [0.25, 0.3) is 0 Å². The maximum absolute atomic E-state index is 10.2. The number of hydrogen-bond acceptors (Lipinski definition) is 4. The van der Waals surface area contributed by atoms with Crippen LogP contribution in [0.5, 0.6) is 0 Å². The van der Waals surface area contributed by atoms with Gasteiger partial charge in [-0.3, -0.25) is 9.79 Å². The van der Waals surface area contributed by atoms with Crippen LogP contribution in [0.2, 0.25) is 0 Å². The molecule has 0 aliphatic rings. The molecule has 1 N–H and O–H groups in total. The van der Waals surface area contributed by atoms with E-state index in [9.17, 15) is 4.79 Å². The van der Waals surface area contributed by atoms with Crippen LogP contribution in [-0.2, 0) is 4.79 Å². The SMILES string of the molecule is C/C=C\C(=NCC)SSCCC(=O)O. The molecule has 0 saturated carbocycles. The largest absolute Gasteiger partial charge is 0.481 e. The molecule has 0 atom stereocenters. The zero-order valence-electron chi connectivity index (χ0n) is 8.40. The predicted octanol–water partition coefficient (Wildman–Crippen LogP) is 2.84. The van der Waals surface area contributed by atoms with Crippen LogP contribution in [-0.4, -0.2) is 28.4 Å². The van der Waals surface area contributed by atoms with Gasteiger partial charge in [0.1, 0.15) is 5.04 Å². The lowest BCUT2D eigenvalue weighted by Gasteiger charge is -1.98. The fraction of sp³-hybridized carbons (Fsp3) is 0.556. The first kappa shape index (κ1) is 13.6. The van der Waals surface area contributed by atoms with E-state index in [1.165, 1.54) is 21.6 Å². The molecule has 0 radical (unpaired) electrons. The zero-order valence-corrected chi connectivity index (χ0v) is 10.0. The van der Waals surface area contributed by atoms with E-state index in [0.717, 1.165) is 11.6 Å². The lowest BCUT2D eigenvalue weighted by Crippen LogP contribution is -1.95. The van der Waals surface area contributed by atoms with Crippen molar-refractivity contribution >= 4 is 32.6 Å². The van der Waals surface area contributed by atoms with Gasteiger partial charge in [-0.25, -0.2) is 0 Å². The zero-order chi connectivity index (χ0) is 10.8. The summed E-state index contributed by atoms with van der Waals surface area (Å²) in [5.41, 5.74) is 0. The summed E-state index contributed by atoms with van der Waals surface area (Å²) >= 11 is 0. The number of allylic oxidation sites excluding steroid dienone is 1. The average Bonchev–Trinajstić information content (AvgIpc) is 2.12. The molecule has 0 saturated heterocycles. The Labute approximate surface area is 92.5 Å². The summed E-state index contributed by atoms with van der Waals surface area (Å²) in [6.07, 6.45) is 4.06. The number of carboxylic acids is 1. The lowest BCUT2D eigenvalue weighted by atomic mass is 10.5. The van der Waals surface area contributed by atoms with Gasteiger partial charge in [-0.15, -0.1) is 0 Å². The highest BCUT2D eigenvalue weighted by Crippen LogP contribution is 2.24. The third-order valence-corrected chi connectivity index (χ3v) is 3.46. The van der Waals surface area contributed by atoms with E-state index >= 15 is 0 Å². The monoisotopic (exact) mass is 233 g/mol. The summed E-state index contributed by atoms with van der Waals surface area (Å²) in [7, 11) is 3.05. The van der Waals surface area contributed by atoms with Crippen molar-refractivity contribution in [3.63, 3.8) is 0 Å². The fourth-order valence-corrected chi connectivity index (χ4v) is 2.66. The van der Waals surface area contributed by atoms with Gasteiger partial charge in [0.15, 0.2) is 0 Å². The van der Waals surface area contributed by atoms with Crippen LogP contribution in [0.15, 0.2) is 17.1 Å². The van der Waals surface area contributed by atoms with Crippen molar-refractivity contribution in [2.24, 2.45) is 4.99 Å². The van der Waals surface area contributed by atoms with Crippen LogP contribution in [0.4, 0.5) is 0 Å². The molecule has 0 fully saturated rings. The minimum Gasteiger partial charge on any atom is -0.481 e. The molecule has 0 spiro atoms. The van der Waals surface area contributed by atoms with Gasteiger partial charge in [-0.2, -0.15) is 0 Å². The van der Waals surface area contributed by atoms with Gasteiger partial charge in [0.05, 0.1) is 6.42 Å². The number of aliphatic imine (C=N–C) groups is 1. The predicted molar refractivity (Wildman–Crippen MR) is 65.1 cm³/mol. The van der Waals surface area contributed by atoms with Crippen LogP contribution in [0, 0.1) is 0 Å². The summed E-state index contributed by atoms with van der Waals surface area (Å²) < 4.78 is 0. The first-order valence-electron chi connectivity index (χ1n) is 4.39. The number of aliphatic carboxylic acids is 1. The van der Waals surface area contributed by atoms with Crippen molar-refractivity contribution in [3.05, 3.63) is 12.2 Å². The maximum Gasteiger partial charge on any atom is 0.304 e. The molecule has 0 rings (SSSR count). The van der Waals surface area contributed by atoms with Crippen LogP contribution < -0.4 is 0 Å². The molecule has 0 aliphatic heterocycles. The minimum absolute atomic E-state index is 0.201. The Balaban J connectivity index is 3.72. The van der Waals surface area contributed by atoms with E-state index in [0.29, 0.717) is 5.75 Å². The molecule has 0 unspecified atom stereocenters. The second-order valence-corrected chi connectivity index (χ2v) is 4.80. The van der Waals surface area contributed by atoms with Crippen molar-refractivity contribution in [2.45, 2.75) is 20.3 Å². The summed E-state index contributed by atoms with van der Waals surface area (Å²) in [6.45, 7) is 4.67. The molecule has 0 bridgehead atoms. The van der Waals surface area contributed by atoms with Gasteiger partial charge >= 0.3 is 5.97 Å². The molecule has 14 heavy (non-hydrogen) atoms. The van der Waals surface area contributed by atoms with E-state index in [2.05, 4.69) is 4.99 Å². The highest BCUT2D eigenvalue weighted by Gasteiger charge is 1.99. The molecule has 0 aromatic heterocycles. The first-order chi connectivity index (χ1) is 6.70.